The molecule has 1 amide bonds. The van der Waals surface area contributed by atoms with Crippen molar-refractivity contribution in [2.75, 3.05) is 33.3 Å². The number of piperazine rings is 1. The normalized spacial score (nSPS) is 14.2. The minimum atomic E-state index is 0.0447. The van der Waals surface area contributed by atoms with Crippen LogP contribution in [-0.2, 0) is 13.2 Å². The fraction of sp³-hybridized carbons (Fsp3) is 0.269. The molecule has 0 N–H and O–H groups in total. The number of methoxy groups -OCH3 is 1. The van der Waals surface area contributed by atoms with Crippen molar-refractivity contribution in [3.8, 4) is 11.5 Å². The van der Waals surface area contributed by atoms with Gasteiger partial charge in [0.25, 0.3) is 5.91 Å². The standard InChI is InChI=1S/C26H26Cl2N2O3/c1-32-24-7-2-3-8-25(24)33-18-20-5-4-6-21(15-20)26(31)30-13-11-29(12-14-30)17-19-9-10-22(27)23(28)16-19/h2-10,15-16H,11-14,17-18H2,1H3. The Kier molecular flexibility index (Phi) is 7.76. The lowest BCUT2D eigenvalue weighted by atomic mass is 10.1. The molecule has 1 aliphatic rings. The van der Waals surface area contributed by atoms with Crippen LogP contribution in [0, 0.1) is 0 Å². The lowest BCUT2D eigenvalue weighted by molar-refractivity contribution is 0.0628. The first-order chi connectivity index (χ1) is 16.0. The van der Waals surface area contributed by atoms with Gasteiger partial charge in [-0.15, -0.1) is 0 Å². The number of hydrogen-bond acceptors (Lipinski definition) is 4. The van der Waals surface area contributed by atoms with Crippen LogP contribution in [0.25, 0.3) is 0 Å². The molecular weight excluding hydrogens is 459 g/mol. The van der Waals surface area contributed by atoms with Crippen molar-refractivity contribution in [2.45, 2.75) is 13.2 Å². The molecule has 0 aliphatic carbocycles. The van der Waals surface area contributed by atoms with Crippen molar-refractivity contribution in [1.82, 2.24) is 9.80 Å². The van der Waals surface area contributed by atoms with Crippen molar-refractivity contribution in [2.24, 2.45) is 0 Å². The molecule has 1 heterocycles. The molecule has 1 fully saturated rings. The summed E-state index contributed by atoms with van der Waals surface area (Å²) in [6.07, 6.45) is 0. The number of carbonyl (C=O) groups excluding carboxylic acids is 1. The molecule has 3 aromatic rings. The maximum Gasteiger partial charge on any atom is 0.253 e. The van der Waals surface area contributed by atoms with E-state index < -0.39 is 0 Å². The SMILES string of the molecule is COc1ccccc1OCc1cccc(C(=O)N2CCN(Cc3ccc(Cl)c(Cl)c3)CC2)c1. The van der Waals surface area contributed by atoms with Gasteiger partial charge in [-0.2, -0.15) is 0 Å². The molecular formula is C26H26Cl2N2O3. The third-order valence-corrected chi connectivity index (χ3v) is 6.43. The number of rotatable bonds is 7. The predicted octanol–water partition coefficient (Wildman–Crippen LogP) is 5.54. The van der Waals surface area contributed by atoms with Gasteiger partial charge in [0.05, 0.1) is 17.2 Å². The first-order valence-corrected chi connectivity index (χ1v) is 11.6. The van der Waals surface area contributed by atoms with Gasteiger partial charge < -0.3 is 14.4 Å². The Balaban J connectivity index is 1.32. The van der Waals surface area contributed by atoms with Crippen LogP contribution in [0.5, 0.6) is 11.5 Å². The molecule has 0 saturated carbocycles. The monoisotopic (exact) mass is 484 g/mol. The summed E-state index contributed by atoms with van der Waals surface area (Å²) in [6, 6.07) is 20.9. The molecule has 0 spiro atoms. The summed E-state index contributed by atoms with van der Waals surface area (Å²) in [5.74, 6) is 1.40. The minimum absolute atomic E-state index is 0.0447. The second kappa shape index (κ2) is 10.9. The van der Waals surface area contributed by atoms with Crippen molar-refractivity contribution in [1.29, 1.82) is 0 Å². The molecule has 172 valence electrons. The van der Waals surface area contributed by atoms with Gasteiger partial charge in [0.2, 0.25) is 0 Å². The summed E-state index contributed by atoms with van der Waals surface area (Å²) in [7, 11) is 1.62. The van der Waals surface area contributed by atoms with Crippen LogP contribution < -0.4 is 9.47 Å². The number of halogens is 2. The van der Waals surface area contributed by atoms with Gasteiger partial charge in [0.15, 0.2) is 11.5 Å². The molecule has 3 aromatic carbocycles. The molecule has 0 radical (unpaired) electrons. The molecule has 0 atom stereocenters. The highest BCUT2D eigenvalue weighted by Gasteiger charge is 2.22. The fourth-order valence-electron chi connectivity index (χ4n) is 3.88. The highest BCUT2D eigenvalue weighted by atomic mass is 35.5. The van der Waals surface area contributed by atoms with Crippen LogP contribution in [0.3, 0.4) is 0 Å². The van der Waals surface area contributed by atoms with Crippen LogP contribution in [-0.4, -0.2) is 49.0 Å². The van der Waals surface area contributed by atoms with Crippen molar-refractivity contribution < 1.29 is 14.3 Å². The number of amides is 1. The number of carbonyl (C=O) groups is 1. The zero-order chi connectivity index (χ0) is 23.2. The van der Waals surface area contributed by atoms with E-state index in [1.54, 1.807) is 7.11 Å². The van der Waals surface area contributed by atoms with Gasteiger partial charge in [-0.3, -0.25) is 9.69 Å². The number of ether oxygens (including phenoxy) is 2. The van der Waals surface area contributed by atoms with Crippen molar-refractivity contribution >= 4 is 29.1 Å². The van der Waals surface area contributed by atoms with Crippen LogP contribution >= 0.6 is 23.2 Å². The molecule has 33 heavy (non-hydrogen) atoms. The zero-order valence-corrected chi connectivity index (χ0v) is 20.0. The van der Waals surface area contributed by atoms with E-state index in [0.717, 1.165) is 30.8 Å². The highest BCUT2D eigenvalue weighted by Crippen LogP contribution is 2.27. The average molecular weight is 485 g/mol. The smallest absolute Gasteiger partial charge is 0.253 e. The van der Waals surface area contributed by atoms with Crippen molar-refractivity contribution in [3.63, 3.8) is 0 Å². The second-order valence-corrected chi connectivity index (χ2v) is 8.77. The van der Waals surface area contributed by atoms with Crippen LogP contribution in [0.1, 0.15) is 21.5 Å². The molecule has 0 bridgehead atoms. The lowest BCUT2D eigenvalue weighted by Gasteiger charge is -2.35. The van der Waals surface area contributed by atoms with Gasteiger partial charge in [-0.25, -0.2) is 0 Å². The van der Waals surface area contributed by atoms with Crippen molar-refractivity contribution in [3.05, 3.63) is 93.5 Å². The van der Waals surface area contributed by atoms with E-state index in [9.17, 15) is 4.79 Å². The second-order valence-electron chi connectivity index (χ2n) is 7.96. The van der Waals surface area contributed by atoms with Crippen LogP contribution in [0.4, 0.5) is 0 Å². The highest BCUT2D eigenvalue weighted by molar-refractivity contribution is 6.42. The number of nitrogens with zero attached hydrogens (tertiary/aromatic N) is 2. The summed E-state index contributed by atoms with van der Waals surface area (Å²) in [5, 5.41) is 1.13. The Bertz CT molecular complexity index is 1110. The molecule has 0 aromatic heterocycles. The summed E-state index contributed by atoms with van der Waals surface area (Å²) >= 11 is 12.1. The van der Waals surface area contributed by atoms with E-state index in [0.29, 0.717) is 46.8 Å². The van der Waals surface area contributed by atoms with Crippen LogP contribution in [0.15, 0.2) is 66.7 Å². The van der Waals surface area contributed by atoms with Crippen LogP contribution in [0.2, 0.25) is 10.0 Å². The Morgan fingerprint density at radius 3 is 2.33 bits per heavy atom. The van der Waals surface area contributed by atoms with E-state index >= 15 is 0 Å². The molecule has 5 nitrogen and oxygen atoms in total. The third-order valence-electron chi connectivity index (χ3n) is 5.69. The number of para-hydroxylation sites is 2. The fourth-order valence-corrected chi connectivity index (χ4v) is 4.20. The van der Waals surface area contributed by atoms with Gasteiger partial charge in [-0.05, 0) is 47.5 Å². The maximum absolute atomic E-state index is 13.1. The lowest BCUT2D eigenvalue weighted by Crippen LogP contribution is -2.48. The molecule has 1 saturated heterocycles. The van der Waals surface area contributed by atoms with Gasteiger partial charge >= 0.3 is 0 Å². The quantitative estimate of drug-likeness (QED) is 0.441. The van der Waals surface area contributed by atoms with Gasteiger partial charge in [-0.1, -0.05) is 53.5 Å². The minimum Gasteiger partial charge on any atom is -0.493 e. The largest absolute Gasteiger partial charge is 0.493 e. The Morgan fingerprint density at radius 2 is 1.61 bits per heavy atom. The number of hydrogen-bond donors (Lipinski definition) is 0. The summed E-state index contributed by atoms with van der Waals surface area (Å²) in [5.41, 5.74) is 2.73. The first-order valence-electron chi connectivity index (χ1n) is 10.8. The summed E-state index contributed by atoms with van der Waals surface area (Å²) < 4.78 is 11.2. The van der Waals surface area contributed by atoms with Gasteiger partial charge in [0, 0.05) is 38.3 Å². The molecule has 1 aliphatic heterocycles. The molecule has 0 unspecified atom stereocenters. The molecule has 4 rings (SSSR count). The number of benzene rings is 3. The average Bonchev–Trinajstić information content (AvgIpc) is 2.85. The zero-order valence-electron chi connectivity index (χ0n) is 18.5. The Hall–Kier alpha value is -2.73. The summed E-state index contributed by atoms with van der Waals surface area (Å²) in [4.78, 5) is 17.3. The van der Waals surface area contributed by atoms with E-state index in [-0.39, 0.29) is 5.91 Å². The predicted molar refractivity (Wildman–Crippen MR) is 131 cm³/mol. The summed E-state index contributed by atoms with van der Waals surface area (Å²) in [6.45, 7) is 4.13. The topological polar surface area (TPSA) is 42.0 Å². The Labute approximate surface area is 204 Å². The van der Waals surface area contributed by atoms with E-state index in [1.165, 1.54) is 0 Å². The first kappa shape index (κ1) is 23.4. The van der Waals surface area contributed by atoms with E-state index in [1.807, 2.05) is 71.6 Å². The maximum atomic E-state index is 13.1. The van der Waals surface area contributed by atoms with E-state index in [4.69, 9.17) is 32.7 Å². The van der Waals surface area contributed by atoms with Gasteiger partial charge in [0.1, 0.15) is 6.61 Å². The third kappa shape index (κ3) is 5.99. The van der Waals surface area contributed by atoms with E-state index in [2.05, 4.69) is 4.90 Å². The Morgan fingerprint density at radius 1 is 0.848 bits per heavy atom. The molecule has 7 heteroatoms.